The number of hydrogen-bond acceptors (Lipinski definition) is 5. The van der Waals surface area contributed by atoms with Crippen LogP contribution in [0.2, 0.25) is 0 Å². The summed E-state index contributed by atoms with van der Waals surface area (Å²) in [5, 5.41) is 2.81. The third-order valence-corrected chi connectivity index (χ3v) is 4.29. The molecule has 0 aromatic carbocycles. The lowest BCUT2D eigenvalue weighted by molar-refractivity contribution is -0.151. The van der Waals surface area contributed by atoms with Crippen molar-refractivity contribution in [3.8, 4) is 0 Å². The molecule has 21 heavy (non-hydrogen) atoms. The van der Waals surface area contributed by atoms with E-state index in [1.165, 1.54) is 14.0 Å². The predicted octanol–water partition coefficient (Wildman–Crippen LogP) is 0.833. The van der Waals surface area contributed by atoms with E-state index in [9.17, 15) is 9.59 Å². The molecule has 4 atom stereocenters. The largest absolute Gasteiger partial charge is 0.469 e. The van der Waals surface area contributed by atoms with E-state index in [2.05, 4.69) is 19.2 Å². The Labute approximate surface area is 126 Å². The highest BCUT2D eigenvalue weighted by Gasteiger charge is 2.47. The average Bonchev–Trinajstić information content (AvgIpc) is 2.76. The molecule has 1 rings (SSSR count). The topological polar surface area (TPSA) is 90.7 Å². The van der Waals surface area contributed by atoms with Crippen molar-refractivity contribution in [2.75, 3.05) is 13.7 Å². The van der Waals surface area contributed by atoms with Gasteiger partial charge < -0.3 is 20.5 Å². The average molecular weight is 300 g/mol. The number of carbonyl (C=O) groups excluding carboxylic acids is 2. The normalized spacial score (nSPS) is 28.7. The van der Waals surface area contributed by atoms with E-state index < -0.39 is 12.0 Å². The molecule has 0 aliphatic heterocycles. The molecule has 1 saturated carbocycles. The number of nitrogens with two attached hydrogens (primary N) is 1. The van der Waals surface area contributed by atoms with E-state index >= 15 is 0 Å². The lowest BCUT2D eigenvalue weighted by atomic mass is 10.0. The van der Waals surface area contributed by atoms with Crippen LogP contribution < -0.4 is 11.1 Å². The minimum Gasteiger partial charge on any atom is -0.469 e. The minimum absolute atomic E-state index is 0.169. The second-order valence-electron chi connectivity index (χ2n) is 5.74. The Balaban J connectivity index is 2.80. The van der Waals surface area contributed by atoms with Crippen LogP contribution in [-0.4, -0.2) is 43.8 Å². The molecule has 4 unspecified atom stereocenters. The summed E-state index contributed by atoms with van der Waals surface area (Å²) in [7, 11) is 1.36. The van der Waals surface area contributed by atoms with Crippen LogP contribution in [0, 0.1) is 11.8 Å². The van der Waals surface area contributed by atoms with E-state index in [1.54, 1.807) is 0 Å². The summed E-state index contributed by atoms with van der Waals surface area (Å²) in [6, 6.07) is -0.648. The van der Waals surface area contributed by atoms with Gasteiger partial charge in [-0.15, -0.1) is 0 Å². The summed E-state index contributed by atoms with van der Waals surface area (Å²) in [5.74, 6) is -0.473. The van der Waals surface area contributed by atoms with E-state index in [0.29, 0.717) is 18.9 Å². The number of methoxy groups -OCH3 is 1. The van der Waals surface area contributed by atoms with Gasteiger partial charge in [-0.3, -0.25) is 9.59 Å². The van der Waals surface area contributed by atoms with Crippen molar-refractivity contribution in [3.05, 3.63) is 0 Å². The molecule has 122 valence electrons. The fraction of sp³-hybridized carbons (Fsp3) is 0.867. The molecule has 3 N–H and O–H groups in total. The van der Waals surface area contributed by atoms with Crippen molar-refractivity contribution >= 4 is 11.9 Å². The van der Waals surface area contributed by atoms with Crippen LogP contribution in [0.3, 0.4) is 0 Å². The van der Waals surface area contributed by atoms with Gasteiger partial charge in [-0.25, -0.2) is 0 Å². The SMILES string of the molecule is CCC(CC)COC1C(C(=O)OC)CC(N)C1NC(C)=O. The van der Waals surface area contributed by atoms with Crippen molar-refractivity contribution in [1.29, 1.82) is 0 Å². The van der Waals surface area contributed by atoms with Crippen molar-refractivity contribution in [3.63, 3.8) is 0 Å². The Morgan fingerprint density at radius 1 is 1.33 bits per heavy atom. The lowest BCUT2D eigenvalue weighted by Crippen LogP contribution is -2.51. The van der Waals surface area contributed by atoms with E-state index in [4.69, 9.17) is 15.2 Å². The first-order valence-corrected chi connectivity index (χ1v) is 7.66. The maximum absolute atomic E-state index is 11.9. The lowest BCUT2D eigenvalue weighted by Gasteiger charge is -2.27. The van der Waals surface area contributed by atoms with Crippen LogP contribution in [0.1, 0.15) is 40.0 Å². The third kappa shape index (κ3) is 4.68. The molecule has 1 aliphatic carbocycles. The monoisotopic (exact) mass is 300 g/mol. The number of carbonyl (C=O) groups is 2. The number of rotatable bonds is 7. The predicted molar refractivity (Wildman–Crippen MR) is 79.5 cm³/mol. The van der Waals surface area contributed by atoms with Crippen LogP contribution in [0.4, 0.5) is 0 Å². The van der Waals surface area contributed by atoms with Crippen molar-refractivity contribution in [1.82, 2.24) is 5.32 Å². The third-order valence-electron chi connectivity index (χ3n) is 4.29. The maximum atomic E-state index is 11.9. The second kappa shape index (κ2) is 8.34. The summed E-state index contributed by atoms with van der Waals surface area (Å²) >= 11 is 0. The molecule has 1 fully saturated rings. The Hall–Kier alpha value is -1.14. The number of amides is 1. The maximum Gasteiger partial charge on any atom is 0.311 e. The number of esters is 1. The van der Waals surface area contributed by atoms with Crippen molar-refractivity contribution in [2.24, 2.45) is 17.6 Å². The first-order valence-electron chi connectivity index (χ1n) is 7.66. The fourth-order valence-corrected chi connectivity index (χ4v) is 2.86. The summed E-state index contributed by atoms with van der Waals surface area (Å²) in [4.78, 5) is 23.3. The number of hydrogen-bond donors (Lipinski definition) is 2. The fourth-order valence-electron chi connectivity index (χ4n) is 2.86. The number of nitrogens with one attached hydrogen (secondary N) is 1. The van der Waals surface area contributed by atoms with Gasteiger partial charge in [-0.05, 0) is 12.3 Å². The standard InChI is InChI=1S/C15H28N2O4/c1-5-10(6-2)8-21-14-11(15(19)20-4)7-12(16)13(14)17-9(3)18/h10-14H,5-8,16H2,1-4H3,(H,17,18). The molecule has 6 nitrogen and oxygen atoms in total. The van der Waals surface area contributed by atoms with E-state index in [0.717, 1.165) is 12.8 Å². The molecule has 1 amide bonds. The van der Waals surface area contributed by atoms with Crippen LogP contribution in [-0.2, 0) is 19.1 Å². The summed E-state index contributed by atoms with van der Waals surface area (Å²) in [5.41, 5.74) is 6.07. The van der Waals surface area contributed by atoms with Gasteiger partial charge in [0.05, 0.1) is 25.2 Å². The summed E-state index contributed by atoms with van der Waals surface area (Å²) in [6.45, 7) is 6.23. The van der Waals surface area contributed by atoms with Gasteiger partial charge >= 0.3 is 5.97 Å². The highest BCUT2D eigenvalue weighted by Crippen LogP contribution is 2.30. The smallest absolute Gasteiger partial charge is 0.311 e. The molecule has 6 heteroatoms. The zero-order valence-electron chi connectivity index (χ0n) is 13.4. The van der Waals surface area contributed by atoms with Gasteiger partial charge in [0.1, 0.15) is 0 Å². The highest BCUT2D eigenvalue weighted by molar-refractivity contribution is 5.76. The number of ether oxygens (including phenoxy) is 2. The van der Waals surface area contributed by atoms with Gasteiger partial charge in [-0.1, -0.05) is 26.7 Å². The Morgan fingerprint density at radius 3 is 2.43 bits per heavy atom. The van der Waals surface area contributed by atoms with Crippen LogP contribution in [0.15, 0.2) is 0 Å². The van der Waals surface area contributed by atoms with Gasteiger partial charge in [0.25, 0.3) is 0 Å². The Bertz CT molecular complexity index is 358. The van der Waals surface area contributed by atoms with Gasteiger partial charge in [0.2, 0.25) is 5.91 Å². The second-order valence-corrected chi connectivity index (χ2v) is 5.74. The Morgan fingerprint density at radius 2 is 1.95 bits per heavy atom. The van der Waals surface area contributed by atoms with E-state index in [-0.39, 0.29) is 24.0 Å². The van der Waals surface area contributed by atoms with Gasteiger partial charge in [-0.2, -0.15) is 0 Å². The zero-order valence-corrected chi connectivity index (χ0v) is 13.4. The zero-order chi connectivity index (χ0) is 16.0. The molecule has 0 spiro atoms. The van der Waals surface area contributed by atoms with Gasteiger partial charge in [0, 0.05) is 19.6 Å². The first-order chi connectivity index (χ1) is 9.94. The molecule has 0 aromatic rings. The molecule has 1 aliphatic rings. The van der Waals surface area contributed by atoms with Crippen LogP contribution in [0.5, 0.6) is 0 Å². The summed E-state index contributed by atoms with van der Waals surface area (Å²) in [6.07, 6.45) is 2.08. The molecule has 0 radical (unpaired) electrons. The Kier molecular flexibility index (Phi) is 7.11. The van der Waals surface area contributed by atoms with Gasteiger partial charge in [0.15, 0.2) is 0 Å². The highest BCUT2D eigenvalue weighted by atomic mass is 16.5. The van der Waals surface area contributed by atoms with Crippen LogP contribution in [0.25, 0.3) is 0 Å². The van der Waals surface area contributed by atoms with Crippen LogP contribution >= 0.6 is 0 Å². The van der Waals surface area contributed by atoms with E-state index in [1.807, 2.05) is 0 Å². The minimum atomic E-state index is -0.420. The van der Waals surface area contributed by atoms with Crippen molar-refractivity contribution in [2.45, 2.75) is 58.2 Å². The molecular formula is C15H28N2O4. The molecule has 0 saturated heterocycles. The molecular weight excluding hydrogens is 272 g/mol. The molecule has 0 heterocycles. The van der Waals surface area contributed by atoms with Crippen molar-refractivity contribution < 1.29 is 19.1 Å². The quantitative estimate of drug-likeness (QED) is 0.680. The first kappa shape index (κ1) is 17.9. The molecule has 0 aromatic heterocycles. The molecule has 0 bridgehead atoms. The summed E-state index contributed by atoms with van der Waals surface area (Å²) < 4.78 is 10.8.